The lowest BCUT2D eigenvalue weighted by Crippen LogP contribution is -2.42. The van der Waals surface area contributed by atoms with E-state index in [-0.39, 0.29) is 11.0 Å². The van der Waals surface area contributed by atoms with E-state index in [2.05, 4.69) is 20.2 Å². The molecule has 0 unspecified atom stereocenters. The van der Waals surface area contributed by atoms with Gasteiger partial charge in [0.15, 0.2) is 5.88 Å². The van der Waals surface area contributed by atoms with Crippen molar-refractivity contribution in [2.45, 2.75) is 37.3 Å². The first-order valence-electron chi connectivity index (χ1n) is 4.14. The predicted molar refractivity (Wildman–Crippen MR) is 55.5 cm³/mol. The molecule has 1 N–H and O–H groups in total. The summed E-state index contributed by atoms with van der Waals surface area (Å²) in [5.74, 6) is -0.365. The Morgan fingerprint density at radius 2 is 2.07 bits per heavy atom. The molecule has 15 heavy (non-hydrogen) atoms. The molecule has 0 aliphatic heterocycles. The molecule has 85 valence electrons. The van der Waals surface area contributed by atoms with Crippen molar-refractivity contribution >= 4 is 22.7 Å². The highest BCUT2D eigenvalue weighted by molar-refractivity contribution is 7.88. The molecular weight excluding hydrogens is 238 g/mol. The number of hydrogen-bond acceptors (Lipinski definition) is 5. The average Bonchev–Trinajstić information content (AvgIpc) is 2.29. The third-order valence-corrected chi connectivity index (χ3v) is 3.05. The summed E-state index contributed by atoms with van der Waals surface area (Å²) in [5, 5.41) is 10.2. The van der Waals surface area contributed by atoms with Gasteiger partial charge in [-0.05, 0) is 43.8 Å². The van der Waals surface area contributed by atoms with Crippen LogP contribution in [0.4, 0.5) is 0 Å². The van der Waals surface area contributed by atoms with E-state index in [1.54, 1.807) is 20.8 Å². The second kappa shape index (κ2) is 3.99. The smallest absolute Gasteiger partial charge is 0.210 e. The summed E-state index contributed by atoms with van der Waals surface area (Å²) >= 11 is 4.73. The highest BCUT2D eigenvalue weighted by Gasteiger charge is 2.21. The molecular formula is C6H12N5O2S2. The van der Waals surface area contributed by atoms with Crippen LogP contribution in [0.1, 0.15) is 20.8 Å². The van der Waals surface area contributed by atoms with Crippen LogP contribution < -0.4 is 4.72 Å². The van der Waals surface area contributed by atoms with E-state index in [4.69, 9.17) is 12.6 Å². The normalized spacial score (nSPS) is 13.0. The first-order valence-corrected chi connectivity index (χ1v) is 6.20. The third kappa shape index (κ3) is 4.06. The van der Waals surface area contributed by atoms with Gasteiger partial charge in [0.1, 0.15) is 0 Å². The minimum absolute atomic E-state index is 0.0503. The van der Waals surface area contributed by atoms with Crippen LogP contribution in [0.2, 0.25) is 0 Å². The minimum atomic E-state index is -3.48. The summed E-state index contributed by atoms with van der Waals surface area (Å²) in [6.07, 6.45) is 0. The van der Waals surface area contributed by atoms with E-state index in [9.17, 15) is 8.42 Å². The molecule has 9 heteroatoms. The molecule has 0 spiro atoms. The van der Waals surface area contributed by atoms with Crippen LogP contribution in [0.5, 0.6) is 0 Å². The topological polar surface area (TPSA) is 89.8 Å². The molecule has 0 atom stereocenters. The molecule has 1 rings (SSSR count). The Morgan fingerprint density at radius 3 is 2.47 bits per heavy atom. The molecule has 7 nitrogen and oxygen atoms in total. The van der Waals surface area contributed by atoms with Crippen LogP contribution in [0, 0.1) is 0 Å². The van der Waals surface area contributed by atoms with Gasteiger partial charge >= 0.3 is 0 Å². The minimum Gasteiger partial charge on any atom is -0.210 e. The zero-order chi connectivity index (χ0) is 11.7. The number of nitrogens with zero attached hydrogens (tertiary/aromatic N) is 4. The highest BCUT2D eigenvalue weighted by atomic mass is 32.2. The van der Waals surface area contributed by atoms with Gasteiger partial charge in [0.05, 0.1) is 0 Å². The Balaban J connectivity index is 2.78. The summed E-state index contributed by atoms with van der Waals surface area (Å²) in [5.41, 5.74) is -0.533. The molecule has 1 radical (unpaired) electrons. The Hall–Kier alpha value is -0.800. The van der Waals surface area contributed by atoms with Crippen LogP contribution in [-0.4, -0.2) is 34.2 Å². The predicted octanol–water partition coefficient (Wildman–Crippen LogP) is -0.0951. The summed E-state index contributed by atoms with van der Waals surface area (Å²) in [6.45, 7) is 5.25. The van der Waals surface area contributed by atoms with Crippen molar-refractivity contribution in [1.82, 2.24) is 24.9 Å². The molecule has 1 heterocycles. The quantitative estimate of drug-likeness (QED) is 0.809. The third-order valence-electron chi connectivity index (χ3n) is 1.25. The fourth-order valence-electron chi connectivity index (χ4n) is 0.937. The van der Waals surface area contributed by atoms with Crippen molar-refractivity contribution in [3.05, 3.63) is 0 Å². The van der Waals surface area contributed by atoms with Gasteiger partial charge in [-0.2, -0.15) is 4.68 Å². The zero-order valence-corrected chi connectivity index (χ0v) is 10.3. The maximum absolute atomic E-state index is 11.6. The number of nitrogens with one attached hydrogen (secondary N) is 1. The average molecular weight is 250 g/mol. The molecule has 0 fully saturated rings. The summed E-state index contributed by atoms with van der Waals surface area (Å²) in [4.78, 5) is 0. The second-order valence-electron chi connectivity index (χ2n) is 4.06. The number of rotatable bonds is 3. The molecule has 0 bridgehead atoms. The molecule has 0 saturated carbocycles. The van der Waals surface area contributed by atoms with Gasteiger partial charge in [0, 0.05) is 5.54 Å². The van der Waals surface area contributed by atoms with E-state index in [0.717, 1.165) is 4.68 Å². The molecule has 0 aromatic carbocycles. The summed E-state index contributed by atoms with van der Waals surface area (Å²) in [6, 6.07) is 0. The second-order valence-corrected chi connectivity index (χ2v) is 6.11. The SMILES string of the molecule is CC(C)(C)NS(=O)(=O)Cn1nnnc1[S]. The number of hydrogen-bond donors (Lipinski definition) is 1. The van der Waals surface area contributed by atoms with Crippen LogP contribution in [0.3, 0.4) is 0 Å². The van der Waals surface area contributed by atoms with Crippen molar-refractivity contribution in [3.8, 4) is 0 Å². The number of aromatic nitrogens is 4. The first kappa shape index (κ1) is 12.3. The summed E-state index contributed by atoms with van der Waals surface area (Å²) < 4.78 is 26.7. The standard InChI is InChI=1S/C6H12N5O2S2/c1-6(2,3)8-15(12,13)4-11-5(14)7-9-10-11/h8H,4H2,1-3H3. The number of sulfonamides is 1. The maximum atomic E-state index is 11.6. The van der Waals surface area contributed by atoms with Gasteiger partial charge in [-0.3, -0.25) is 0 Å². The molecule has 0 saturated heterocycles. The van der Waals surface area contributed by atoms with Gasteiger partial charge in [0.2, 0.25) is 15.2 Å². The van der Waals surface area contributed by atoms with Crippen LogP contribution in [0.25, 0.3) is 0 Å². The van der Waals surface area contributed by atoms with Crippen LogP contribution >= 0.6 is 12.6 Å². The van der Waals surface area contributed by atoms with Crippen LogP contribution in [0.15, 0.2) is 5.16 Å². The molecule has 0 amide bonds. The highest BCUT2D eigenvalue weighted by Crippen LogP contribution is 2.05. The first-order chi connectivity index (χ1) is 6.70. The zero-order valence-electron chi connectivity index (χ0n) is 8.63. The van der Waals surface area contributed by atoms with E-state index in [1.807, 2.05) is 0 Å². The molecule has 1 aromatic rings. The van der Waals surface area contributed by atoms with Gasteiger partial charge < -0.3 is 0 Å². The lowest BCUT2D eigenvalue weighted by molar-refractivity contribution is 0.478. The van der Waals surface area contributed by atoms with Gasteiger partial charge in [-0.15, -0.1) is 0 Å². The summed E-state index contributed by atoms with van der Waals surface area (Å²) in [7, 11) is -3.48. The van der Waals surface area contributed by atoms with E-state index in [1.165, 1.54) is 0 Å². The van der Waals surface area contributed by atoms with Gasteiger partial charge in [-0.1, -0.05) is 5.10 Å². The largest absolute Gasteiger partial charge is 0.241 e. The van der Waals surface area contributed by atoms with E-state index in [0.29, 0.717) is 0 Å². The lowest BCUT2D eigenvalue weighted by atomic mass is 10.1. The van der Waals surface area contributed by atoms with Crippen molar-refractivity contribution in [3.63, 3.8) is 0 Å². The van der Waals surface area contributed by atoms with Crippen molar-refractivity contribution < 1.29 is 8.42 Å². The molecule has 0 aliphatic carbocycles. The van der Waals surface area contributed by atoms with Crippen LogP contribution in [-0.2, 0) is 15.9 Å². The maximum Gasteiger partial charge on any atom is 0.241 e. The molecule has 1 aromatic heterocycles. The van der Waals surface area contributed by atoms with Gasteiger partial charge in [0.25, 0.3) is 0 Å². The Kier molecular flexibility index (Phi) is 3.26. The fourth-order valence-corrected chi connectivity index (χ4v) is 2.65. The Bertz CT molecular complexity index is 433. The fraction of sp³-hybridized carbons (Fsp3) is 0.833. The van der Waals surface area contributed by atoms with Crippen molar-refractivity contribution in [1.29, 1.82) is 0 Å². The number of tetrazole rings is 1. The van der Waals surface area contributed by atoms with Crippen molar-refractivity contribution in [2.75, 3.05) is 0 Å². The Morgan fingerprint density at radius 1 is 1.47 bits per heavy atom. The van der Waals surface area contributed by atoms with Crippen molar-refractivity contribution in [2.24, 2.45) is 0 Å². The monoisotopic (exact) mass is 250 g/mol. The van der Waals surface area contributed by atoms with Gasteiger partial charge in [-0.25, -0.2) is 13.1 Å². The van der Waals surface area contributed by atoms with E-state index < -0.39 is 15.6 Å². The lowest BCUT2D eigenvalue weighted by Gasteiger charge is -2.19. The Labute approximate surface area is 93.7 Å². The van der Waals surface area contributed by atoms with E-state index >= 15 is 0 Å². The molecule has 0 aliphatic rings.